The lowest BCUT2D eigenvalue weighted by Gasteiger charge is -2.01. The van der Waals surface area contributed by atoms with Gasteiger partial charge in [-0.15, -0.1) is 10.2 Å². The molecule has 0 radical (unpaired) electrons. The minimum absolute atomic E-state index is 0.564. The third-order valence-electron chi connectivity index (χ3n) is 2.72. The highest BCUT2D eigenvalue weighted by Gasteiger charge is 2.13. The molecule has 3 nitrogen and oxygen atoms in total. The van der Waals surface area contributed by atoms with Crippen LogP contribution in [0.15, 0.2) is 24.4 Å². The zero-order valence-corrected chi connectivity index (χ0v) is 11.9. The van der Waals surface area contributed by atoms with E-state index < -0.39 is 0 Å². The minimum Gasteiger partial charge on any atom is -0.276 e. The van der Waals surface area contributed by atoms with Gasteiger partial charge in [-0.25, -0.2) is 0 Å². The highest BCUT2D eigenvalue weighted by molar-refractivity contribution is 7.20. The van der Waals surface area contributed by atoms with Crippen molar-refractivity contribution in [3.05, 3.63) is 40.3 Å². The summed E-state index contributed by atoms with van der Waals surface area (Å²) in [6, 6.07) is 5.63. The normalized spacial score (nSPS) is 11.3. The highest BCUT2D eigenvalue weighted by Crippen LogP contribution is 2.37. The summed E-state index contributed by atoms with van der Waals surface area (Å²) in [6.45, 7) is 2.06. The van der Waals surface area contributed by atoms with Gasteiger partial charge in [0.15, 0.2) is 0 Å². The number of thiazole rings is 1. The molecule has 0 aliphatic carbocycles. The third-order valence-corrected chi connectivity index (χ3v) is 4.54. The number of aryl methyl sites for hydroxylation is 1. The number of fused-ring (bicyclic) bond motifs is 1. The van der Waals surface area contributed by atoms with Gasteiger partial charge in [0.25, 0.3) is 0 Å². The minimum atomic E-state index is 0.564. The van der Waals surface area contributed by atoms with Crippen LogP contribution in [0, 0.1) is 0 Å². The molecule has 18 heavy (non-hydrogen) atoms. The topological polar surface area (TPSA) is 30.2 Å². The van der Waals surface area contributed by atoms with Crippen LogP contribution in [0.3, 0.4) is 0 Å². The van der Waals surface area contributed by atoms with Gasteiger partial charge >= 0.3 is 0 Å². The summed E-state index contributed by atoms with van der Waals surface area (Å²) < 4.78 is 2.00. The molecule has 2 heterocycles. The van der Waals surface area contributed by atoms with Gasteiger partial charge in [0.2, 0.25) is 4.96 Å². The Balaban J connectivity index is 2.19. The predicted octanol–water partition coefficient (Wildman–Crippen LogP) is 4.33. The lowest BCUT2D eigenvalue weighted by Crippen LogP contribution is -1.88. The molecular weight excluding hydrogens is 289 g/mol. The molecule has 92 valence electrons. The Hall–Kier alpha value is -1.10. The second kappa shape index (κ2) is 4.53. The van der Waals surface area contributed by atoms with Crippen molar-refractivity contribution in [1.82, 2.24) is 14.6 Å². The van der Waals surface area contributed by atoms with Gasteiger partial charge < -0.3 is 0 Å². The van der Waals surface area contributed by atoms with E-state index in [0.29, 0.717) is 10.0 Å². The van der Waals surface area contributed by atoms with Crippen molar-refractivity contribution in [3.63, 3.8) is 0 Å². The van der Waals surface area contributed by atoms with Gasteiger partial charge in [0, 0.05) is 18.2 Å². The molecule has 0 saturated heterocycles. The van der Waals surface area contributed by atoms with Crippen LogP contribution in [0.5, 0.6) is 0 Å². The number of rotatable bonds is 2. The third kappa shape index (κ3) is 1.81. The summed E-state index contributed by atoms with van der Waals surface area (Å²) in [4.78, 5) is 1.92. The summed E-state index contributed by atoms with van der Waals surface area (Å²) in [7, 11) is 0. The number of hydrogen-bond acceptors (Lipinski definition) is 3. The fraction of sp³-hybridized carbons (Fsp3) is 0.167. The van der Waals surface area contributed by atoms with Gasteiger partial charge in [0.1, 0.15) is 5.82 Å². The molecule has 0 N–H and O–H groups in total. The molecule has 0 saturated carbocycles. The standard InChI is InChI=1S/C12H9Cl2N3S/c1-2-10-15-16-12-17(10)6-9(18-12)7-4-3-5-8(13)11(7)14/h3-6H,2H2,1H3. The second-order valence-corrected chi connectivity index (χ2v) is 5.61. The van der Waals surface area contributed by atoms with Crippen LogP contribution in [0.2, 0.25) is 10.0 Å². The largest absolute Gasteiger partial charge is 0.276 e. The van der Waals surface area contributed by atoms with E-state index >= 15 is 0 Å². The predicted molar refractivity (Wildman–Crippen MR) is 75.7 cm³/mol. The van der Waals surface area contributed by atoms with Crippen molar-refractivity contribution < 1.29 is 0 Å². The molecule has 3 rings (SSSR count). The van der Waals surface area contributed by atoms with Crippen molar-refractivity contribution >= 4 is 39.5 Å². The van der Waals surface area contributed by atoms with Gasteiger partial charge in [-0.2, -0.15) is 0 Å². The van der Waals surface area contributed by atoms with Gasteiger partial charge in [-0.3, -0.25) is 4.40 Å². The Labute approximate surface area is 118 Å². The highest BCUT2D eigenvalue weighted by atomic mass is 35.5. The van der Waals surface area contributed by atoms with E-state index in [1.807, 2.05) is 22.7 Å². The van der Waals surface area contributed by atoms with E-state index in [4.69, 9.17) is 23.2 Å². The van der Waals surface area contributed by atoms with Crippen molar-refractivity contribution in [2.24, 2.45) is 0 Å². The second-order valence-electron chi connectivity index (χ2n) is 3.82. The maximum atomic E-state index is 6.23. The lowest BCUT2D eigenvalue weighted by atomic mass is 10.2. The zero-order chi connectivity index (χ0) is 12.7. The Morgan fingerprint density at radius 3 is 2.89 bits per heavy atom. The molecule has 6 heteroatoms. The summed E-state index contributed by atoms with van der Waals surface area (Å²) >= 11 is 13.8. The Morgan fingerprint density at radius 1 is 1.28 bits per heavy atom. The molecule has 1 aromatic carbocycles. The van der Waals surface area contributed by atoms with Crippen molar-refractivity contribution in [3.8, 4) is 10.4 Å². The van der Waals surface area contributed by atoms with E-state index in [1.165, 1.54) is 0 Å². The Morgan fingerprint density at radius 2 is 2.11 bits per heavy atom. The molecule has 0 aliphatic heterocycles. The van der Waals surface area contributed by atoms with E-state index in [1.54, 1.807) is 17.4 Å². The van der Waals surface area contributed by atoms with Crippen molar-refractivity contribution in [2.45, 2.75) is 13.3 Å². The molecule has 0 bridgehead atoms. The Bertz CT molecular complexity index is 717. The van der Waals surface area contributed by atoms with Crippen LogP contribution in [0.4, 0.5) is 0 Å². The first-order valence-electron chi connectivity index (χ1n) is 5.48. The van der Waals surface area contributed by atoms with Crippen LogP contribution >= 0.6 is 34.5 Å². The smallest absolute Gasteiger partial charge is 0.216 e. The van der Waals surface area contributed by atoms with Crippen LogP contribution in [0.25, 0.3) is 15.4 Å². The summed E-state index contributed by atoms with van der Waals surface area (Å²) in [5, 5.41) is 9.40. The average Bonchev–Trinajstić information content (AvgIpc) is 2.92. The fourth-order valence-corrected chi connectivity index (χ4v) is 3.24. The zero-order valence-electron chi connectivity index (χ0n) is 9.52. The van der Waals surface area contributed by atoms with E-state index in [-0.39, 0.29) is 0 Å². The summed E-state index contributed by atoms with van der Waals surface area (Å²) in [5.74, 6) is 0.950. The monoisotopic (exact) mass is 297 g/mol. The van der Waals surface area contributed by atoms with E-state index in [9.17, 15) is 0 Å². The summed E-state index contributed by atoms with van der Waals surface area (Å²) in [6.07, 6.45) is 2.86. The fourth-order valence-electron chi connectivity index (χ4n) is 1.81. The maximum Gasteiger partial charge on any atom is 0.216 e. The molecular formula is C12H9Cl2N3S. The Kier molecular flexibility index (Phi) is 3.01. The van der Waals surface area contributed by atoms with Gasteiger partial charge in [-0.1, -0.05) is 53.6 Å². The molecule has 0 unspecified atom stereocenters. The SMILES string of the molecule is CCc1nnc2sc(-c3cccc(Cl)c3Cl)cn12. The molecule has 2 aromatic heterocycles. The average molecular weight is 298 g/mol. The molecule has 0 fully saturated rings. The molecule has 0 aliphatic rings. The maximum absolute atomic E-state index is 6.23. The van der Waals surface area contributed by atoms with Crippen LogP contribution < -0.4 is 0 Å². The molecule has 0 atom stereocenters. The van der Waals surface area contributed by atoms with Crippen molar-refractivity contribution in [2.75, 3.05) is 0 Å². The van der Waals surface area contributed by atoms with E-state index in [2.05, 4.69) is 17.1 Å². The number of aromatic nitrogens is 3. The lowest BCUT2D eigenvalue weighted by molar-refractivity contribution is 0.911. The molecule has 3 aromatic rings. The van der Waals surface area contributed by atoms with Gasteiger partial charge in [-0.05, 0) is 6.07 Å². The quantitative estimate of drug-likeness (QED) is 0.705. The van der Waals surface area contributed by atoms with E-state index in [0.717, 1.165) is 27.6 Å². The molecule has 0 amide bonds. The molecule has 0 spiro atoms. The first kappa shape index (κ1) is 12.0. The number of nitrogens with zero attached hydrogens (tertiary/aromatic N) is 3. The summed E-state index contributed by atoms with van der Waals surface area (Å²) in [5.41, 5.74) is 0.932. The first-order chi connectivity index (χ1) is 8.70. The van der Waals surface area contributed by atoms with Crippen LogP contribution in [-0.4, -0.2) is 14.6 Å². The number of halogens is 2. The number of hydrogen-bond donors (Lipinski definition) is 0. The van der Waals surface area contributed by atoms with Crippen LogP contribution in [-0.2, 0) is 6.42 Å². The van der Waals surface area contributed by atoms with Crippen LogP contribution in [0.1, 0.15) is 12.7 Å². The number of benzene rings is 1. The van der Waals surface area contributed by atoms with Gasteiger partial charge in [0.05, 0.1) is 14.9 Å². The first-order valence-corrected chi connectivity index (χ1v) is 7.05. The van der Waals surface area contributed by atoms with Crippen molar-refractivity contribution in [1.29, 1.82) is 0 Å².